The molecule has 2 heterocycles. The van der Waals surface area contributed by atoms with Crippen molar-refractivity contribution in [2.45, 2.75) is 25.5 Å². The zero-order valence-corrected chi connectivity index (χ0v) is 15.0. The second-order valence-corrected chi connectivity index (χ2v) is 6.89. The maximum absolute atomic E-state index is 13.3. The first-order valence-electron chi connectivity index (χ1n) is 8.59. The van der Waals surface area contributed by atoms with E-state index in [0.29, 0.717) is 6.04 Å². The van der Waals surface area contributed by atoms with Gasteiger partial charge in [-0.1, -0.05) is 24.6 Å². The number of nitrogens with zero attached hydrogens (tertiary/aromatic N) is 2. The van der Waals surface area contributed by atoms with Crippen LogP contribution in [0.2, 0.25) is 5.02 Å². The van der Waals surface area contributed by atoms with Crippen LogP contribution in [0.4, 0.5) is 10.1 Å². The molecule has 4 nitrogen and oxygen atoms in total. The summed E-state index contributed by atoms with van der Waals surface area (Å²) in [6.07, 6.45) is 3.83. The van der Waals surface area contributed by atoms with E-state index in [1.165, 1.54) is 6.07 Å². The van der Waals surface area contributed by atoms with Crippen molar-refractivity contribution in [3.8, 4) is 0 Å². The minimum absolute atomic E-state index is 0.119. The molecule has 3 atom stereocenters. The van der Waals surface area contributed by atoms with Crippen LogP contribution in [0.5, 0.6) is 0 Å². The molecule has 1 aliphatic rings. The second-order valence-electron chi connectivity index (χ2n) is 6.48. The summed E-state index contributed by atoms with van der Waals surface area (Å²) in [5.74, 6) is -0.240. The van der Waals surface area contributed by atoms with Crippen molar-refractivity contribution in [3.05, 3.63) is 59.1 Å². The zero-order chi connectivity index (χ0) is 17.8. The van der Waals surface area contributed by atoms with Gasteiger partial charge in [-0.05, 0) is 42.8 Å². The van der Waals surface area contributed by atoms with Crippen molar-refractivity contribution in [1.29, 1.82) is 0 Å². The number of anilines is 1. The molecule has 1 saturated heterocycles. The molecule has 3 rings (SSSR count). The molecule has 1 aliphatic heterocycles. The highest BCUT2D eigenvalue weighted by molar-refractivity contribution is 6.31. The van der Waals surface area contributed by atoms with E-state index < -0.39 is 11.9 Å². The van der Waals surface area contributed by atoms with Crippen LogP contribution in [0, 0.1) is 11.7 Å². The lowest BCUT2D eigenvalue weighted by molar-refractivity contribution is 0.111. The number of pyridine rings is 1. The second kappa shape index (κ2) is 8.13. The summed E-state index contributed by atoms with van der Waals surface area (Å²) >= 11 is 5.83. The van der Waals surface area contributed by atoms with Gasteiger partial charge in [0.25, 0.3) is 0 Å². The van der Waals surface area contributed by atoms with Crippen LogP contribution in [-0.2, 0) is 0 Å². The Morgan fingerprint density at radius 1 is 1.44 bits per heavy atom. The molecule has 1 fully saturated rings. The van der Waals surface area contributed by atoms with Gasteiger partial charge in [0.1, 0.15) is 5.82 Å². The van der Waals surface area contributed by atoms with Gasteiger partial charge < -0.3 is 10.4 Å². The lowest BCUT2D eigenvalue weighted by atomic mass is 9.94. The van der Waals surface area contributed by atoms with Crippen molar-refractivity contribution in [3.63, 3.8) is 0 Å². The Balaban J connectivity index is 1.62. The minimum atomic E-state index is -0.506. The highest BCUT2D eigenvalue weighted by atomic mass is 35.5. The summed E-state index contributed by atoms with van der Waals surface area (Å²) in [5.41, 5.74) is 1.67. The Morgan fingerprint density at radius 3 is 2.96 bits per heavy atom. The zero-order valence-electron chi connectivity index (χ0n) is 14.2. The fourth-order valence-corrected chi connectivity index (χ4v) is 3.70. The number of aromatic nitrogens is 1. The predicted molar refractivity (Wildman–Crippen MR) is 98.2 cm³/mol. The van der Waals surface area contributed by atoms with Crippen LogP contribution in [0.25, 0.3) is 0 Å². The Labute approximate surface area is 152 Å². The molecule has 1 aromatic carbocycles. The normalized spacial score (nSPS) is 22.1. The number of aliphatic hydroxyl groups is 1. The van der Waals surface area contributed by atoms with Crippen LogP contribution < -0.4 is 5.32 Å². The Hall–Kier alpha value is -1.69. The number of nitrogens with one attached hydrogen (secondary N) is 1. The smallest absolute Gasteiger partial charge is 0.141 e. The maximum Gasteiger partial charge on any atom is 0.141 e. The number of likely N-dealkylation sites (tertiary alicyclic amines) is 1. The van der Waals surface area contributed by atoms with Crippen LogP contribution in [0.1, 0.15) is 25.0 Å². The first-order chi connectivity index (χ1) is 12.1. The third-order valence-electron chi connectivity index (χ3n) is 4.90. The van der Waals surface area contributed by atoms with E-state index in [4.69, 9.17) is 11.6 Å². The highest BCUT2D eigenvalue weighted by Crippen LogP contribution is 2.33. The molecule has 0 spiro atoms. The number of halogens is 2. The van der Waals surface area contributed by atoms with Crippen LogP contribution >= 0.6 is 11.6 Å². The summed E-state index contributed by atoms with van der Waals surface area (Å²) in [6.45, 7) is 4.63. The number of likely N-dealkylation sites (N-methyl/N-ethyl adjacent to an activating group) is 1. The molecule has 2 N–H and O–H groups in total. The standard InChI is InChI=1S/C19H23ClFN3O/c1-2-24-12-14(19(25)13-4-3-7-22-10-13)8-16(24)11-23-15-5-6-18(21)17(20)9-15/h3-7,9-10,14,16,19,23,25H,2,8,11-12H2,1H3. The SMILES string of the molecule is CCN1CC(C(O)c2cccnc2)CC1CNc1ccc(F)c(Cl)c1. The van der Waals surface area contributed by atoms with Crippen LogP contribution in [-0.4, -0.2) is 40.7 Å². The molecule has 1 aromatic heterocycles. The van der Waals surface area contributed by atoms with Gasteiger partial charge in [-0.15, -0.1) is 0 Å². The van der Waals surface area contributed by atoms with E-state index in [0.717, 1.165) is 37.3 Å². The van der Waals surface area contributed by atoms with E-state index in [1.54, 1.807) is 24.5 Å². The van der Waals surface area contributed by atoms with Crippen LogP contribution in [0.15, 0.2) is 42.7 Å². The Kier molecular flexibility index (Phi) is 5.89. The molecule has 0 bridgehead atoms. The van der Waals surface area contributed by atoms with Gasteiger partial charge in [0.15, 0.2) is 0 Å². The van der Waals surface area contributed by atoms with Gasteiger partial charge >= 0.3 is 0 Å². The summed E-state index contributed by atoms with van der Waals surface area (Å²) in [7, 11) is 0. The fraction of sp³-hybridized carbons (Fsp3) is 0.421. The first kappa shape index (κ1) is 18.1. The van der Waals surface area contributed by atoms with Gasteiger partial charge in [0.05, 0.1) is 11.1 Å². The number of hydrogen-bond acceptors (Lipinski definition) is 4. The molecular weight excluding hydrogens is 341 g/mol. The summed E-state index contributed by atoms with van der Waals surface area (Å²) in [4.78, 5) is 6.46. The summed E-state index contributed by atoms with van der Waals surface area (Å²) < 4.78 is 13.3. The molecule has 25 heavy (non-hydrogen) atoms. The van der Waals surface area contributed by atoms with Crippen molar-refractivity contribution in [1.82, 2.24) is 9.88 Å². The van der Waals surface area contributed by atoms with E-state index >= 15 is 0 Å². The number of benzene rings is 1. The molecule has 2 aromatic rings. The minimum Gasteiger partial charge on any atom is -0.388 e. The number of hydrogen-bond donors (Lipinski definition) is 2. The van der Waals surface area contributed by atoms with Crippen molar-refractivity contribution >= 4 is 17.3 Å². The van der Waals surface area contributed by atoms with E-state index in [2.05, 4.69) is 22.1 Å². The molecule has 0 aliphatic carbocycles. The fourth-order valence-electron chi connectivity index (χ4n) is 3.52. The average Bonchev–Trinajstić information content (AvgIpc) is 3.06. The quantitative estimate of drug-likeness (QED) is 0.821. The van der Waals surface area contributed by atoms with E-state index in [-0.39, 0.29) is 10.9 Å². The lowest BCUT2D eigenvalue weighted by Crippen LogP contribution is -2.34. The molecule has 3 unspecified atom stereocenters. The van der Waals surface area contributed by atoms with E-state index in [9.17, 15) is 9.50 Å². The van der Waals surface area contributed by atoms with Gasteiger partial charge in [-0.2, -0.15) is 0 Å². The molecule has 0 saturated carbocycles. The third-order valence-corrected chi connectivity index (χ3v) is 5.19. The van der Waals surface area contributed by atoms with Crippen LogP contribution in [0.3, 0.4) is 0 Å². The van der Waals surface area contributed by atoms with Crippen molar-refractivity contribution < 1.29 is 9.50 Å². The molecular formula is C19H23ClFN3O. The maximum atomic E-state index is 13.3. The lowest BCUT2D eigenvalue weighted by Gasteiger charge is -2.23. The monoisotopic (exact) mass is 363 g/mol. The average molecular weight is 364 g/mol. The third kappa shape index (κ3) is 4.29. The highest BCUT2D eigenvalue weighted by Gasteiger charge is 2.35. The van der Waals surface area contributed by atoms with Gasteiger partial charge in [0.2, 0.25) is 0 Å². The summed E-state index contributed by atoms with van der Waals surface area (Å²) in [5, 5.41) is 14.1. The largest absolute Gasteiger partial charge is 0.388 e. The van der Waals surface area contributed by atoms with Gasteiger partial charge in [-0.25, -0.2) is 4.39 Å². The Morgan fingerprint density at radius 2 is 2.28 bits per heavy atom. The number of aliphatic hydroxyl groups excluding tert-OH is 1. The van der Waals surface area contributed by atoms with Gasteiger partial charge in [0, 0.05) is 43.1 Å². The number of rotatable bonds is 6. The summed E-state index contributed by atoms with van der Waals surface area (Å²) in [6, 6.07) is 8.73. The molecule has 0 radical (unpaired) electrons. The van der Waals surface area contributed by atoms with Crippen molar-refractivity contribution in [2.24, 2.45) is 5.92 Å². The van der Waals surface area contributed by atoms with Gasteiger partial charge in [-0.3, -0.25) is 9.88 Å². The molecule has 6 heteroatoms. The predicted octanol–water partition coefficient (Wildman–Crippen LogP) is 3.73. The molecule has 0 amide bonds. The van der Waals surface area contributed by atoms with E-state index in [1.807, 2.05) is 12.1 Å². The molecule has 134 valence electrons. The first-order valence-corrected chi connectivity index (χ1v) is 8.97. The van der Waals surface area contributed by atoms with Crippen molar-refractivity contribution in [2.75, 3.05) is 25.0 Å². The Bertz CT molecular complexity index is 700. The topological polar surface area (TPSA) is 48.4 Å².